The lowest BCUT2D eigenvalue weighted by molar-refractivity contribution is -0.870. The number of ether oxygens (including phenoxy) is 2. The van der Waals surface area contributed by atoms with Crippen molar-refractivity contribution in [2.24, 2.45) is 0 Å². The number of phosphoric ester groups is 1. The smallest absolute Gasteiger partial charge is 0.306 e. The summed E-state index contributed by atoms with van der Waals surface area (Å²) in [6.07, 6.45) is 84.9. The Balaban J connectivity index is 3.97. The molecule has 10 heteroatoms. The summed E-state index contributed by atoms with van der Waals surface area (Å²) in [5.74, 6) is -0.813. The lowest BCUT2D eigenvalue weighted by atomic mass is 10.0. The number of hydrogen-bond acceptors (Lipinski definition) is 8. The van der Waals surface area contributed by atoms with E-state index >= 15 is 0 Å². The van der Waals surface area contributed by atoms with Crippen LogP contribution in [0.25, 0.3) is 0 Å². The summed E-state index contributed by atoms with van der Waals surface area (Å²) in [6, 6.07) is 0. The molecular weight excluding hydrogens is 1060 g/mol. The molecule has 0 aromatic carbocycles. The van der Waals surface area contributed by atoms with E-state index in [-0.39, 0.29) is 32.0 Å². The molecule has 0 radical (unpaired) electrons. The zero-order valence-corrected chi connectivity index (χ0v) is 57.3. The van der Waals surface area contributed by atoms with Crippen molar-refractivity contribution >= 4 is 19.8 Å². The van der Waals surface area contributed by atoms with Crippen molar-refractivity contribution in [1.82, 2.24) is 0 Å². The van der Waals surface area contributed by atoms with Crippen molar-refractivity contribution in [3.05, 3.63) is 48.6 Å². The lowest BCUT2D eigenvalue weighted by Gasteiger charge is -2.28. The summed E-state index contributed by atoms with van der Waals surface area (Å²) in [4.78, 5) is 38.1. The largest absolute Gasteiger partial charge is 0.756 e. The number of nitrogens with zero attached hydrogens (tertiary/aromatic N) is 1. The van der Waals surface area contributed by atoms with Crippen LogP contribution in [0.5, 0.6) is 0 Å². The first-order valence-corrected chi connectivity index (χ1v) is 37.8. The average Bonchev–Trinajstić information content (AvgIpc) is 3.61. The number of quaternary nitrogens is 1. The van der Waals surface area contributed by atoms with Gasteiger partial charge in [0.1, 0.15) is 19.8 Å². The average molecular weight is 1200 g/mol. The maximum absolute atomic E-state index is 12.9. The minimum Gasteiger partial charge on any atom is -0.756 e. The molecule has 0 saturated heterocycles. The molecule has 494 valence electrons. The van der Waals surface area contributed by atoms with Crippen LogP contribution >= 0.6 is 7.82 Å². The van der Waals surface area contributed by atoms with E-state index in [1.165, 1.54) is 263 Å². The van der Waals surface area contributed by atoms with Crippen molar-refractivity contribution in [3.8, 4) is 0 Å². The fraction of sp³-hybridized carbons (Fsp3) is 0.865. The minimum absolute atomic E-state index is 0.0287. The van der Waals surface area contributed by atoms with Crippen LogP contribution in [-0.4, -0.2) is 70.0 Å². The zero-order chi connectivity index (χ0) is 61.2. The van der Waals surface area contributed by atoms with E-state index in [9.17, 15) is 19.0 Å². The highest BCUT2D eigenvalue weighted by molar-refractivity contribution is 7.45. The van der Waals surface area contributed by atoms with Gasteiger partial charge < -0.3 is 27.9 Å². The highest BCUT2D eigenvalue weighted by Gasteiger charge is 2.22. The molecule has 0 N–H and O–H groups in total. The Labute approximate surface area is 522 Å². The Bertz CT molecular complexity index is 1560. The third-order valence-corrected chi connectivity index (χ3v) is 17.3. The number of carbonyl (C=O) groups is 2. The quantitative estimate of drug-likeness (QED) is 0.0195. The molecule has 84 heavy (non-hydrogen) atoms. The number of likely N-dealkylation sites (N-methyl/N-ethyl adjacent to an activating group) is 1. The van der Waals surface area contributed by atoms with Crippen LogP contribution in [0, 0.1) is 0 Å². The summed E-state index contributed by atoms with van der Waals surface area (Å²) < 4.78 is 34.4. The van der Waals surface area contributed by atoms with Crippen LogP contribution in [-0.2, 0) is 32.7 Å². The highest BCUT2D eigenvalue weighted by Crippen LogP contribution is 2.38. The second kappa shape index (κ2) is 65.4. The molecule has 0 bridgehead atoms. The van der Waals surface area contributed by atoms with Crippen molar-refractivity contribution < 1.29 is 42.1 Å². The van der Waals surface area contributed by atoms with E-state index in [4.69, 9.17) is 18.5 Å². The molecule has 0 aliphatic heterocycles. The van der Waals surface area contributed by atoms with Crippen molar-refractivity contribution in [2.45, 2.75) is 367 Å². The fourth-order valence-electron chi connectivity index (χ4n) is 10.8. The number of rotatable bonds is 68. The normalized spacial score (nSPS) is 13.4. The van der Waals surface area contributed by atoms with Gasteiger partial charge in [-0.2, -0.15) is 0 Å². The van der Waals surface area contributed by atoms with Gasteiger partial charge in [-0.05, 0) is 51.4 Å². The SMILES string of the molecule is CC/C=C\C/C=C\C/C=C\C/C=C\CCCCCCCCCCCCCCCCCCC(=O)OC(COC(=O)CCCCCCCCCCCCCCCCCCCCCCCCCCCCCCCCC)COP(=O)([O-])OCC[N+](C)(C)C. The fourth-order valence-corrected chi connectivity index (χ4v) is 11.6. The maximum Gasteiger partial charge on any atom is 0.306 e. The van der Waals surface area contributed by atoms with Gasteiger partial charge in [-0.3, -0.25) is 14.2 Å². The Morgan fingerprint density at radius 1 is 0.381 bits per heavy atom. The molecule has 2 atom stereocenters. The van der Waals surface area contributed by atoms with Gasteiger partial charge in [0.25, 0.3) is 7.82 Å². The van der Waals surface area contributed by atoms with Crippen LogP contribution in [0.1, 0.15) is 361 Å². The topological polar surface area (TPSA) is 111 Å². The molecule has 9 nitrogen and oxygen atoms in total. The van der Waals surface area contributed by atoms with E-state index < -0.39 is 26.5 Å². The number of hydrogen-bond donors (Lipinski definition) is 0. The molecule has 0 aromatic rings. The Kier molecular flexibility index (Phi) is 63.8. The molecule has 0 aliphatic carbocycles. The molecule has 0 aliphatic rings. The molecule has 0 heterocycles. The van der Waals surface area contributed by atoms with Crippen LogP contribution in [0.15, 0.2) is 48.6 Å². The monoisotopic (exact) mass is 1200 g/mol. The predicted octanol–water partition coefficient (Wildman–Crippen LogP) is 23.0. The summed E-state index contributed by atoms with van der Waals surface area (Å²) in [5.41, 5.74) is 0. The third kappa shape index (κ3) is 69.1. The third-order valence-electron chi connectivity index (χ3n) is 16.4. The van der Waals surface area contributed by atoms with Crippen LogP contribution in [0.3, 0.4) is 0 Å². The number of esters is 2. The van der Waals surface area contributed by atoms with Crippen LogP contribution < -0.4 is 4.89 Å². The second-order valence-electron chi connectivity index (χ2n) is 25.9. The number of phosphoric acid groups is 1. The summed E-state index contributed by atoms with van der Waals surface area (Å²) in [7, 11) is 1.18. The zero-order valence-electron chi connectivity index (χ0n) is 56.4. The molecule has 2 unspecified atom stereocenters. The molecular formula is C74H140NO8P. The Morgan fingerprint density at radius 3 is 1.01 bits per heavy atom. The van der Waals surface area contributed by atoms with E-state index in [1.807, 2.05) is 21.1 Å². The number of carbonyl (C=O) groups excluding carboxylic acids is 2. The van der Waals surface area contributed by atoms with Gasteiger partial charge in [0, 0.05) is 12.8 Å². The number of allylic oxidation sites excluding steroid dienone is 8. The van der Waals surface area contributed by atoms with Gasteiger partial charge in [0.05, 0.1) is 27.7 Å². The minimum atomic E-state index is -4.64. The summed E-state index contributed by atoms with van der Waals surface area (Å²) in [6.45, 7) is 4.20. The summed E-state index contributed by atoms with van der Waals surface area (Å²) >= 11 is 0. The van der Waals surface area contributed by atoms with Gasteiger partial charge in [0.2, 0.25) is 0 Å². The Hall–Kier alpha value is -2.03. The molecule has 0 rings (SSSR count). The van der Waals surface area contributed by atoms with Gasteiger partial charge in [-0.25, -0.2) is 0 Å². The van der Waals surface area contributed by atoms with Crippen molar-refractivity contribution in [2.75, 3.05) is 47.5 Å². The first-order chi connectivity index (χ1) is 41.0. The number of unbranched alkanes of at least 4 members (excludes halogenated alkanes) is 46. The molecule has 0 aromatic heterocycles. The second-order valence-corrected chi connectivity index (χ2v) is 27.3. The molecule has 0 saturated carbocycles. The van der Waals surface area contributed by atoms with Crippen LogP contribution in [0.2, 0.25) is 0 Å². The first kappa shape index (κ1) is 82.0. The first-order valence-electron chi connectivity index (χ1n) is 36.3. The van der Waals surface area contributed by atoms with Crippen molar-refractivity contribution in [3.63, 3.8) is 0 Å². The van der Waals surface area contributed by atoms with E-state index in [0.717, 1.165) is 64.2 Å². The molecule has 0 fully saturated rings. The standard InChI is InChI=1S/C74H140NO8P/c1-6-8-10-12-14-16-18-20-22-24-26-28-30-32-34-36-37-39-40-42-44-46-48-50-52-54-56-58-60-62-64-66-73(76)80-70-72(71-82-84(78,79)81-69-68-75(3,4)5)83-74(77)67-65-63-61-59-57-55-53-51-49-47-45-43-41-38-35-33-31-29-27-25-23-21-19-17-15-13-11-9-7-2/h9,11,15,17,21,23,27,29,72H,6-8,10,12-14,16,18-20,22,24-26,28,30-71H2,1-5H3/b11-9-,17-15-,23-21-,29-27-. The predicted molar refractivity (Wildman–Crippen MR) is 360 cm³/mol. The summed E-state index contributed by atoms with van der Waals surface area (Å²) in [5, 5.41) is 0. The molecule has 0 spiro atoms. The lowest BCUT2D eigenvalue weighted by Crippen LogP contribution is -2.37. The van der Waals surface area contributed by atoms with E-state index in [0.29, 0.717) is 17.4 Å². The van der Waals surface area contributed by atoms with E-state index in [2.05, 4.69) is 62.5 Å². The molecule has 0 amide bonds. The highest BCUT2D eigenvalue weighted by atomic mass is 31.2. The van der Waals surface area contributed by atoms with Gasteiger partial charge in [-0.15, -0.1) is 0 Å². The van der Waals surface area contributed by atoms with Crippen LogP contribution in [0.4, 0.5) is 0 Å². The van der Waals surface area contributed by atoms with Gasteiger partial charge in [-0.1, -0.05) is 345 Å². The maximum atomic E-state index is 12.9. The Morgan fingerprint density at radius 2 is 0.679 bits per heavy atom. The van der Waals surface area contributed by atoms with E-state index in [1.54, 1.807) is 0 Å². The van der Waals surface area contributed by atoms with Gasteiger partial charge in [0.15, 0.2) is 6.10 Å². The van der Waals surface area contributed by atoms with Gasteiger partial charge >= 0.3 is 11.9 Å². The van der Waals surface area contributed by atoms with Crippen molar-refractivity contribution in [1.29, 1.82) is 0 Å².